The van der Waals surface area contributed by atoms with Gasteiger partial charge in [-0.3, -0.25) is 4.98 Å². The molecule has 3 heterocycles. The fraction of sp³-hybridized carbons (Fsp3) is 0.194. The Kier molecular flexibility index (Phi) is 7.92. The minimum atomic E-state index is -1.25. The topological polar surface area (TPSA) is 95.7 Å². The summed E-state index contributed by atoms with van der Waals surface area (Å²) in [7, 11) is 0. The molecule has 12 heteroatoms. The van der Waals surface area contributed by atoms with Gasteiger partial charge in [-0.25, -0.2) is 22.9 Å². The van der Waals surface area contributed by atoms with E-state index in [0.29, 0.717) is 41.5 Å². The Morgan fingerprint density at radius 2 is 1.81 bits per heavy atom. The fourth-order valence-corrected chi connectivity index (χ4v) is 4.87. The maximum Gasteiger partial charge on any atom is 0.335 e. The first kappa shape index (κ1) is 28.5. The van der Waals surface area contributed by atoms with Crippen LogP contribution < -0.4 is 9.47 Å². The van der Waals surface area contributed by atoms with E-state index in [1.165, 1.54) is 36.5 Å². The number of rotatable bonds is 10. The minimum absolute atomic E-state index is 0.0120. The normalized spacial score (nSPS) is 14.5. The van der Waals surface area contributed by atoms with Gasteiger partial charge < -0.3 is 23.9 Å². The first-order valence-corrected chi connectivity index (χ1v) is 13.6. The molecule has 3 aromatic carbocycles. The van der Waals surface area contributed by atoms with Gasteiger partial charge in [-0.15, -0.1) is 0 Å². The number of carbonyl (C=O) groups is 1. The molecule has 8 nitrogen and oxygen atoms in total. The highest BCUT2D eigenvalue weighted by Gasteiger charge is 2.24. The van der Waals surface area contributed by atoms with E-state index in [4.69, 9.17) is 25.8 Å². The van der Waals surface area contributed by atoms with Crippen molar-refractivity contribution in [2.24, 2.45) is 0 Å². The number of halogens is 4. The summed E-state index contributed by atoms with van der Waals surface area (Å²) in [5, 5.41) is 9.66. The Balaban J connectivity index is 1.20. The molecule has 6 rings (SSSR count). The molecule has 1 aliphatic rings. The van der Waals surface area contributed by atoms with E-state index in [9.17, 15) is 18.7 Å². The van der Waals surface area contributed by atoms with Crippen LogP contribution in [0.25, 0.3) is 11.0 Å². The van der Waals surface area contributed by atoms with E-state index < -0.39 is 23.4 Å². The molecular formula is C31H23ClF3N3O5. The second-order valence-electron chi connectivity index (χ2n) is 9.94. The van der Waals surface area contributed by atoms with E-state index in [1.54, 1.807) is 22.8 Å². The summed E-state index contributed by atoms with van der Waals surface area (Å²) >= 11 is 5.77. The molecule has 1 fully saturated rings. The van der Waals surface area contributed by atoms with Gasteiger partial charge in [0.05, 0.1) is 29.4 Å². The van der Waals surface area contributed by atoms with Crippen molar-refractivity contribution in [2.45, 2.75) is 32.1 Å². The van der Waals surface area contributed by atoms with E-state index in [1.807, 2.05) is 0 Å². The highest BCUT2D eigenvalue weighted by atomic mass is 35.5. The fourth-order valence-electron chi connectivity index (χ4n) is 4.71. The van der Waals surface area contributed by atoms with E-state index in [0.717, 1.165) is 18.6 Å². The molecule has 1 aliphatic heterocycles. The number of hydrogen-bond donors (Lipinski definition) is 1. The zero-order valence-electron chi connectivity index (χ0n) is 22.4. The van der Waals surface area contributed by atoms with Gasteiger partial charge in [0.1, 0.15) is 23.7 Å². The van der Waals surface area contributed by atoms with E-state index >= 15 is 4.39 Å². The number of aromatic carboxylic acids is 1. The summed E-state index contributed by atoms with van der Waals surface area (Å²) in [6.45, 7) is 0.913. The monoisotopic (exact) mass is 609 g/mol. The van der Waals surface area contributed by atoms with Crippen LogP contribution in [0.1, 0.15) is 33.9 Å². The third-order valence-electron chi connectivity index (χ3n) is 6.96. The molecule has 0 saturated carbocycles. The lowest BCUT2D eigenvalue weighted by atomic mass is 10.1. The van der Waals surface area contributed by atoms with Gasteiger partial charge in [0, 0.05) is 30.3 Å². The number of carboxylic acid groups (broad SMARTS) is 1. The highest BCUT2D eigenvalue weighted by Crippen LogP contribution is 2.29. The molecule has 1 N–H and O–H groups in total. The summed E-state index contributed by atoms with van der Waals surface area (Å²) in [5.74, 6) is -2.54. The van der Waals surface area contributed by atoms with Crippen LogP contribution >= 0.6 is 11.6 Å². The SMILES string of the molecule is O=C(O)c1cc(F)c2nc(Cc3ccc(Oc4ccnc(COc5ccc(Cl)cc5F)c4)c(F)c3)n(C[C@@H]3CCO3)c2c1. The van der Waals surface area contributed by atoms with E-state index in [-0.39, 0.29) is 46.7 Å². The van der Waals surface area contributed by atoms with Crippen LogP contribution in [0.3, 0.4) is 0 Å². The summed E-state index contributed by atoms with van der Waals surface area (Å²) in [4.78, 5) is 20.1. The molecule has 0 amide bonds. The molecule has 43 heavy (non-hydrogen) atoms. The average Bonchev–Trinajstić information content (AvgIpc) is 3.29. The molecule has 220 valence electrons. The highest BCUT2D eigenvalue weighted by molar-refractivity contribution is 6.30. The Morgan fingerprint density at radius 3 is 2.53 bits per heavy atom. The molecule has 0 unspecified atom stereocenters. The van der Waals surface area contributed by atoms with Crippen molar-refractivity contribution in [3.63, 3.8) is 0 Å². The van der Waals surface area contributed by atoms with Crippen molar-refractivity contribution in [3.05, 3.63) is 112 Å². The molecule has 1 atom stereocenters. The van der Waals surface area contributed by atoms with Crippen molar-refractivity contribution in [1.29, 1.82) is 0 Å². The molecular weight excluding hydrogens is 587 g/mol. The average molecular weight is 610 g/mol. The number of nitrogens with zero attached hydrogens (tertiary/aromatic N) is 3. The second kappa shape index (κ2) is 11.9. The first-order valence-electron chi connectivity index (χ1n) is 13.3. The van der Waals surface area contributed by atoms with Gasteiger partial charge in [0.2, 0.25) is 0 Å². The summed E-state index contributed by atoms with van der Waals surface area (Å²) in [5.41, 5.74) is 1.15. The molecule has 1 saturated heterocycles. The summed E-state index contributed by atoms with van der Waals surface area (Å²) in [6.07, 6.45) is 2.31. The summed E-state index contributed by atoms with van der Waals surface area (Å²) < 4.78 is 62.5. The number of carboxylic acids is 1. The van der Waals surface area contributed by atoms with E-state index in [2.05, 4.69) is 9.97 Å². The van der Waals surface area contributed by atoms with Gasteiger partial charge >= 0.3 is 5.97 Å². The Hall–Kier alpha value is -4.61. The number of benzene rings is 3. The van der Waals surface area contributed by atoms with Crippen LogP contribution in [0.5, 0.6) is 17.2 Å². The Morgan fingerprint density at radius 1 is 1.02 bits per heavy atom. The quantitative estimate of drug-likeness (QED) is 0.183. The lowest BCUT2D eigenvalue weighted by molar-refractivity contribution is -0.0589. The zero-order chi connectivity index (χ0) is 30.1. The van der Waals surface area contributed by atoms with Crippen molar-refractivity contribution in [3.8, 4) is 17.2 Å². The minimum Gasteiger partial charge on any atom is -0.484 e. The van der Waals surface area contributed by atoms with Crippen LogP contribution in [0.4, 0.5) is 13.2 Å². The third-order valence-corrected chi connectivity index (χ3v) is 7.19. The van der Waals surface area contributed by atoms with Gasteiger partial charge in [-0.1, -0.05) is 17.7 Å². The van der Waals surface area contributed by atoms with Gasteiger partial charge in [0.25, 0.3) is 0 Å². The Labute approximate surface area is 248 Å². The Bertz CT molecular complexity index is 1840. The van der Waals surface area contributed by atoms with Crippen molar-refractivity contribution in [2.75, 3.05) is 6.61 Å². The first-order chi connectivity index (χ1) is 20.7. The number of aromatic nitrogens is 3. The van der Waals surface area contributed by atoms with Gasteiger partial charge in [-0.2, -0.15) is 0 Å². The maximum absolute atomic E-state index is 15.2. The lowest BCUT2D eigenvalue weighted by Gasteiger charge is -2.27. The van der Waals surface area contributed by atoms with Crippen molar-refractivity contribution in [1.82, 2.24) is 14.5 Å². The molecule has 5 aromatic rings. The van der Waals surface area contributed by atoms with Gasteiger partial charge in [-0.05, 0) is 60.5 Å². The number of imidazole rings is 1. The molecule has 0 spiro atoms. The van der Waals surface area contributed by atoms with Gasteiger partial charge in [0.15, 0.2) is 29.0 Å². The predicted molar refractivity (Wildman–Crippen MR) is 150 cm³/mol. The van der Waals surface area contributed by atoms with Crippen LogP contribution in [-0.2, 0) is 24.3 Å². The number of fused-ring (bicyclic) bond motifs is 1. The van der Waals surface area contributed by atoms with Crippen LogP contribution in [0.2, 0.25) is 5.02 Å². The molecule has 0 bridgehead atoms. The summed E-state index contributed by atoms with van der Waals surface area (Å²) in [6, 6.07) is 13.9. The van der Waals surface area contributed by atoms with Crippen LogP contribution in [0.15, 0.2) is 66.9 Å². The molecule has 0 radical (unpaired) electrons. The maximum atomic E-state index is 15.2. The van der Waals surface area contributed by atoms with Crippen LogP contribution in [-0.4, -0.2) is 38.3 Å². The standard InChI is InChI=1S/C31H23ClF3N3O5/c32-19-2-4-27(24(34)13-19)42-16-20-14-21(5-7-36-20)43-28-3-1-17(9-23(28)33)10-29-37-30-25(35)11-18(31(39)40)12-26(30)38(29)15-22-6-8-41-22/h1-5,7,9,11-14,22H,6,8,10,15-16H2,(H,39,40)/t22-/m0/s1. The smallest absolute Gasteiger partial charge is 0.335 e. The number of ether oxygens (including phenoxy) is 3. The van der Waals surface area contributed by atoms with Crippen molar-refractivity contribution < 1.29 is 37.3 Å². The van der Waals surface area contributed by atoms with Crippen molar-refractivity contribution >= 4 is 28.6 Å². The zero-order valence-corrected chi connectivity index (χ0v) is 23.2. The van der Waals surface area contributed by atoms with Crippen LogP contribution in [0, 0.1) is 17.5 Å². The molecule has 2 aromatic heterocycles. The number of hydrogen-bond acceptors (Lipinski definition) is 6. The number of pyridine rings is 1. The third kappa shape index (κ3) is 6.27. The predicted octanol–water partition coefficient (Wildman–Crippen LogP) is 6.95. The second-order valence-corrected chi connectivity index (χ2v) is 10.4. The largest absolute Gasteiger partial charge is 0.484 e. The lowest BCUT2D eigenvalue weighted by Crippen LogP contribution is -2.31. The molecule has 0 aliphatic carbocycles.